The molecule has 0 fully saturated rings. The zero-order chi connectivity index (χ0) is 13.8. The lowest BCUT2D eigenvalue weighted by Gasteiger charge is -2.14. The van der Waals surface area contributed by atoms with Gasteiger partial charge in [-0.25, -0.2) is 4.98 Å². The average Bonchev–Trinajstić information content (AvgIpc) is 2.46. The van der Waals surface area contributed by atoms with E-state index in [4.69, 9.17) is 14.2 Å². The second-order valence-electron chi connectivity index (χ2n) is 3.76. The van der Waals surface area contributed by atoms with Crippen LogP contribution in [0.2, 0.25) is 0 Å². The van der Waals surface area contributed by atoms with Crippen LogP contribution in [0.1, 0.15) is 0 Å². The zero-order valence-corrected chi connectivity index (χ0v) is 12.5. The van der Waals surface area contributed by atoms with Gasteiger partial charge >= 0.3 is 0 Å². The van der Waals surface area contributed by atoms with Crippen molar-refractivity contribution >= 4 is 15.9 Å². The van der Waals surface area contributed by atoms with Gasteiger partial charge in [0.15, 0.2) is 11.5 Å². The van der Waals surface area contributed by atoms with Crippen LogP contribution in [0.5, 0.6) is 17.2 Å². The number of nitrogens with zero attached hydrogens (tertiary/aromatic N) is 1. The van der Waals surface area contributed by atoms with E-state index in [0.29, 0.717) is 17.2 Å². The summed E-state index contributed by atoms with van der Waals surface area (Å²) in [5.74, 6) is 1.81. The molecule has 0 saturated carbocycles. The third-order valence-electron chi connectivity index (χ3n) is 2.73. The maximum absolute atomic E-state index is 5.34. The molecule has 0 spiro atoms. The fraction of sp³-hybridized carbons (Fsp3) is 0.214. The van der Waals surface area contributed by atoms with Gasteiger partial charge in [0.1, 0.15) is 4.60 Å². The van der Waals surface area contributed by atoms with E-state index in [1.807, 2.05) is 24.3 Å². The molecule has 0 atom stereocenters. The Kier molecular flexibility index (Phi) is 4.27. The predicted octanol–water partition coefficient (Wildman–Crippen LogP) is 3.54. The van der Waals surface area contributed by atoms with E-state index >= 15 is 0 Å². The van der Waals surface area contributed by atoms with Crippen LogP contribution in [0.4, 0.5) is 0 Å². The lowest BCUT2D eigenvalue weighted by molar-refractivity contribution is 0.324. The van der Waals surface area contributed by atoms with Crippen molar-refractivity contribution in [2.45, 2.75) is 0 Å². The van der Waals surface area contributed by atoms with Gasteiger partial charge in [0.2, 0.25) is 5.75 Å². The van der Waals surface area contributed by atoms with Crippen molar-refractivity contribution in [3.05, 3.63) is 35.1 Å². The largest absolute Gasteiger partial charge is 0.493 e. The number of hydrogen-bond acceptors (Lipinski definition) is 4. The summed E-state index contributed by atoms with van der Waals surface area (Å²) in [6.45, 7) is 0. The molecule has 1 heterocycles. The molecule has 0 radical (unpaired) electrons. The number of ether oxygens (including phenoxy) is 3. The Bertz CT molecular complexity index is 562. The molecule has 19 heavy (non-hydrogen) atoms. The van der Waals surface area contributed by atoms with E-state index in [0.717, 1.165) is 15.7 Å². The van der Waals surface area contributed by atoms with Gasteiger partial charge in [0.25, 0.3) is 0 Å². The molecule has 0 saturated heterocycles. The molecule has 1 aromatic heterocycles. The van der Waals surface area contributed by atoms with Crippen LogP contribution in [0.15, 0.2) is 35.1 Å². The fourth-order valence-corrected chi connectivity index (χ4v) is 2.32. The van der Waals surface area contributed by atoms with E-state index in [1.54, 1.807) is 27.5 Å². The summed E-state index contributed by atoms with van der Waals surface area (Å²) in [4.78, 5) is 4.21. The lowest BCUT2D eigenvalue weighted by atomic mass is 10.1. The Morgan fingerprint density at radius 3 is 2.11 bits per heavy atom. The van der Waals surface area contributed by atoms with Crippen LogP contribution in [0.3, 0.4) is 0 Å². The summed E-state index contributed by atoms with van der Waals surface area (Å²) < 4.78 is 16.7. The summed E-state index contributed by atoms with van der Waals surface area (Å²) in [5.41, 5.74) is 1.90. The number of hydrogen-bond donors (Lipinski definition) is 0. The van der Waals surface area contributed by atoms with Crippen LogP contribution in [-0.2, 0) is 0 Å². The minimum atomic E-state index is 0.578. The second-order valence-corrected chi connectivity index (χ2v) is 4.51. The molecule has 0 unspecified atom stereocenters. The maximum Gasteiger partial charge on any atom is 0.203 e. The van der Waals surface area contributed by atoms with Crippen molar-refractivity contribution in [3.63, 3.8) is 0 Å². The topological polar surface area (TPSA) is 40.6 Å². The molecule has 2 aromatic rings. The monoisotopic (exact) mass is 323 g/mol. The van der Waals surface area contributed by atoms with Crippen molar-refractivity contribution in [1.82, 2.24) is 4.98 Å². The summed E-state index contributed by atoms with van der Waals surface area (Å²) in [6.07, 6.45) is 1.73. The van der Waals surface area contributed by atoms with Crippen molar-refractivity contribution in [2.24, 2.45) is 0 Å². The molecule has 0 aliphatic rings. The Morgan fingerprint density at radius 2 is 1.63 bits per heavy atom. The summed E-state index contributed by atoms with van der Waals surface area (Å²) >= 11 is 3.44. The van der Waals surface area contributed by atoms with Crippen molar-refractivity contribution in [2.75, 3.05) is 21.3 Å². The Labute approximate surface area is 120 Å². The molecule has 2 rings (SSSR count). The van der Waals surface area contributed by atoms with Gasteiger partial charge in [0, 0.05) is 11.8 Å². The zero-order valence-electron chi connectivity index (χ0n) is 10.9. The smallest absolute Gasteiger partial charge is 0.203 e. The maximum atomic E-state index is 5.34. The van der Waals surface area contributed by atoms with Gasteiger partial charge in [0.05, 0.1) is 21.3 Å². The number of aromatic nitrogens is 1. The highest BCUT2D eigenvalue weighted by Gasteiger charge is 2.15. The quantitative estimate of drug-likeness (QED) is 0.807. The molecule has 0 N–H and O–H groups in total. The van der Waals surface area contributed by atoms with Crippen molar-refractivity contribution in [3.8, 4) is 28.4 Å². The predicted molar refractivity (Wildman–Crippen MR) is 77.0 cm³/mol. The molecule has 1 aromatic carbocycles. The SMILES string of the molecule is COc1cc(-c2cccnc2Br)cc(OC)c1OC. The number of benzene rings is 1. The minimum absolute atomic E-state index is 0.578. The van der Waals surface area contributed by atoms with Crippen molar-refractivity contribution in [1.29, 1.82) is 0 Å². The highest BCUT2D eigenvalue weighted by molar-refractivity contribution is 9.10. The molecular formula is C14H14BrNO3. The van der Waals surface area contributed by atoms with Gasteiger partial charge < -0.3 is 14.2 Å². The van der Waals surface area contributed by atoms with Crippen LogP contribution < -0.4 is 14.2 Å². The lowest BCUT2D eigenvalue weighted by Crippen LogP contribution is -1.96. The van der Waals surface area contributed by atoms with Crippen LogP contribution in [-0.4, -0.2) is 26.3 Å². The highest BCUT2D eigenvalue weighted by atomic mass is 79.9. The van der Waals surface area contributed by atoms with E-state index in [2.05, 4.69) is 20.9 Å². The number of rotatable bonds is 4. The molecular weight excluding hydrogens is 310 g/mol. The minimum Gasteiger partial charge on any atom is -0.493 e. The van der Waals surface area contributed by atoms with E-state index < -0.39 is 0 Å². The third-order valence-corrected chi connectivity index (χ3v) is 3.37. The standard InChI is InChI=1S/C14H14BrNO3/c1-17-11-7-9(8-12(18-2)13(11)19-3)10-5-4-6-16-14(10)15/h4-8H,1-3H3. The van der Waals surface area contributed by atoms with E-state index in [1.165, 1.54) is 0 Å². The number of pyridine rings is 1. The number of halogens is 1. The molecule has 4 nitrogen and oxygen atoms in total. The van der Waals surface area contributed by atoms with Crippen LogP contribution >= 0.6 is 15.9 Å². The van der Waals surface area contributed by atoms with Gasteiger partial charge in [-0.15, -0.1) is 0 Å². The summed E-state index contributed by atoms with van der Waals surface area (Å²) in [5, 5.41) is 0. The Balaban J connectivity index is 2.63. The van der Waals surface area contributed by atoms with Crippen LogP contribution in [0.25, 0.3) is 11.1 Å². The molecule has 100 valence electrons. The first-order valence-corrected chi connectivity index (χ1v) is 6.41. The Morgan fingerprint density at radius 1 is 1.00 bits per heavy atom. The average molecular weight is 324 g/mol. The van der Waals surface area contributed by atoms with Gasteiger partial charge in [-0.05, 0) is 39.7 Å². The Hall–Kier alpha value is -1.75. The molecule has 0 amide bonds. The molecule has 0 aliphatic heterocycles. The fourth-order valence-electron chi connectivity index (χ4n) is 1.84. The molecule has 5 heteroatoms. The first-order valence-electron chi connectivity index (χ1n) is 5.62. The van der Waals surface area contributed by atoms with E-state index in [9.17, 15) is 0 Å². The van der Waals surface area contributed by atoms with Crippen molar-refractivity contribution < 1.29 is 14.2 Å². The second kappa shape index (κ2) is 5.93. The van der Waals surface area contributed by atoms with Gasteiger partial charge in [-0.3, -0.25) is 0 Å². The first kappa shape index (κ1) is 13.7. The molecule has 0 aliphatic carbocycles. The highest BCUT2D eigenvalue weighted by Crippen LogP contribution is 2.42. The summed E-state index contributed by atoms with van der Waals surface area (Å²) in [7, 11) is 4.78. The third kappa shape index (κ3) is 2.66. The van der Waals surface area contributed by atoms with Crippen LogP contribution in [0, 0.1) is 0 Å². The number of methoxy groups -OCH3 is 3. The van der Waals surface area contributed by atoms with Gasteiger partial charge in [-0.2, -0.15) is 0 Å². The van der Waals surface area contributed by atoms with E-state index in [-0.39, 0.29) is 0 Å². The summed E-state index contributed by atoms with van der Waals surface area (Å²) in [6, 6.07) is 7.63. The first-order chi connectivity index (χ1) is 9.21. The van der Waals surface area contributed by atoms with Gasteiger partial charge in [-0.1, -0.05) is 6.07 Å². The molecule has 0 bridgehead atoms. The normalized spacial score (nSPS) is 10.1.